The van der Waals surface area contributed by atoms with Gasteiger partial charge in [0.25, 0.3) is 6.71 Å². The molecule has 2 aliphatic rings. The number of fused-ring (bicyclic) bond motifs is 4. The molecular formula is C118H149BN2. The Morgan fingerprint density at radius 1 is 0.182 bits per heavy atom. The van der Waals surface area contributed by atoms with E-state index in [1.807, 2.05) is 0 Å². The molecule has 3 heteroatoms. The molecule has 0 radical (unpaired) electrons. The fourth-order valence-corrected chi connectivity index (χ4v) is 18.1. The summed E-state index contributed by atoms with van der Waals surface area (Å²) in [4.78, 5) is 5.72. The van der Waals surface area contributed by atoms with Gasteiger partial charge >= 0.3 is 0 Å². The third-order valence-electron chi connectivity index (χ3n) is 26.4. The molecule has 0 atom stereocenters. The summed E-state index contributed by atoms with van der Waals surface area (Å²) in [5, 5.41) is 0. The second-order valence-electron chi connectivity index (χ2n) is 49.9. The minimum absolute atomic E-state index is 0.0715. The van der Waals surface area contributed by atoms with Gasteiger partial charge in [-0.15, -0.1) is 0 Å². The van der Waals surface area contributed by atoms with Gasteiger partial charge in [0.05, 0.1) is 11.4 Å². The molecule has 0 bridgehead atoms. The van der Waals surface area contributed by atoms with Crippen LogP contribution in [0.4, 0.5) is 34.1 Å². The summed E-state index contributed by atoms with van der Waals surface area (Å²) in [6, 6.07) is 80.8. The van der Waals surface area contributed by atoms with Gasteiger partial charge in [-0.2, -0.15) is 0 Å². The zero-order chi connectivity index (χ0) is 89.5. The fourth-order valence-electron chi connectivity index (χ4n) is 18.1. The number of benzene rings is 11. The third-order valence-corrected chi connectivity index (χ3v) is 26.4. The molecule has 0 spiro atoms. The topological polar surface area (TPSA) is 6.48 Å². The van der Waals surface area contributed by atoms with Crippen LogP contribution in [0.2, 0.25) is 0 Å². The van der Waals surface area contributed by atoms with E-state index in [2.05, 4.69) is 474 Å². The average Bonchev–Trinajstić information content (AvgIpc) is 0.683. The molecule has 0 aromatic heterocycles. The summed E-state index contributed by atoms with van der Waals surface area (Å²) in [6.07, 6.45) is 0. The summed E-state index contributed by atoms with van der Waals surface area (Å²) in [5.41, 5.74) is 40.4. The SMILES string of the molecule is CC(C)(C)c1ccc(-c2cc(C(C)(C)C)cc(-c3cc(C(C)(C)C)cc(C(C)(C)C)c3)c2N2c3cc(-c4cc(C(C)(C)C)cc(C(C)(C)C)c4)ccc3B3c4ccc(-c5cc(C(C)(C)C)cc(C(C)(C)C)c5)cc4N(c4c(-c5ccc(C(C)(C)C)cc5)cc(C(C)(C)C)cc4-c4c(C(C)(C)C)cccc4C(C)(C)C)c4cc(C(C)(C)C)cc2c43)cc1. The summed E-state index contributed by atoms with van der Waals surface area (Å²) >= 11 is 0. The van der Waals surface area contributed by atoms with Crippen LogP contribution >= 0.6 is 0 Å². The largest absolute Gasteiger partial charge is 0.310 e. The van der Waals surface area contributed by atoms with Crippen LogP contribution in [0.5, 0.6) is 0 Å². The monoisotopic (exact) mass is 1610 g/mol. The molecule has 0 saturated carbocycles. The first-order valence-electron chi connectivity index (χ1n) is 45.5. The highest BCUT2D eigenvalue weighted by Gasteiger charge is 2.48. The van der Waals surface area contributed by atoms with E-state index in [9.17, 15) is 0 Å². The molecule has 0 unspecified atom stereocenters. The predicted molar refractivity (Wildman–Crippen MR) is 536 cm³/mol. The first kappa shape index (κ1) is 89.8. The van der Waals surface area contributed by atoms with Crippen molar-refractivity contribution in [1.82, 2.24) is 0 Å². The van der Waals surface area contributed by atoms with E-state index in [1.54, 1.807) is 0 Å². The van der Waals surface area contributed by atoms with Crippen molar-refractivity contribution >= 4 is 57.2 Å². The van der Waals surface area contributed by atoms with Gasteiger partial charge < -0.3 is 9.80 Å². The van der Waals surface area contributed by atoms with Gasteiger partial charge in [0.1, 0.15) is 0 Å². The standard InChI is InChI=1S/C118H149BN2/c1-106(2,3)79-49-43-72(44-50-79)90-66-87(114(25,26)27)68-92(78-59-85(112(19,20)21)65-86(60-78)113(22,23)24)104(90)120-98-61-74(76-55-81(108(7,8)9)63-82(56-76)109(10,11)12)47-53-96(98)119-97-54-48-75(77-57-83(110(13,14)15)64-84(58-77)111(16,17)18)62-99(97)121(101-71-89(116(31,32)33)70-100(120)103(101)119)105-91(73-45-51-80(52-46-73)107(4,5)6)67-88(115(28,29)30)69-93(105)102-94(117(34,35)36)41-40-42-95(102)118(37,38)39/h40-71H,1-39H3. The fraction of sp³-hybridized carbons (Fsp3) is 0.441. The van der Waals surface area contributed by atoms with Gasteiger partial charge in [0, 0.05) is 45.0 Å². The van der Waals surface area contributed by atoms with Crippen molar-refractivity contribution in [1.29, 1.82) is 0 Å². The lowest BCUT2D eigenvalue weighted by Crippen LogP contribution is -2.61. The minimum atomic E-state index is -0.369. The molecule has 2 aliphatic heterocycles. The van der Waals surface area contributed by atoms with E-state index >= 15 is 0 Å². The molecule has 11 aromatic carbocycles. The summed E-state index contributed by atoms with van der Waals surface area (Å²) in [6.45, 7) is 93.4. The van der Waals surface area contributed by atoms with Gasteiger partial charge in [0.2, 0.25) is 0 Å². The van der Waals surface area contributed by atoms with Crippen LogP contribution in [0.25, 0.3) is 66.8 Å². The Hall–Kier alpha value is -8.92. The molecule has 0 aliphatic carbocycles. The van der Waals surface area contributed by atoms with Gasteiger partial charge in [-0.3, -0.25) is 0 Å². The molecule has 121 heavy (non-hydrogen) atoms. The summed E-state index contributed by atoms with van der Waals surface area (Å²) in [5.74, 6) is 0. The zero-order valence-electron chi connectivity index (χ0n) is 82.4. The van der Waals surface area contributed by atoms with Crippen LogP contribution in [0.1, 0.15) is 342 Å². The summed E-state index contributed by atoms with van der Waals surface area (Å²) in [7, 11) is 0. The van der Waals surface area contributed by atoms with Crippen LogP contribution < -0.4 is 26.2 Å². The smallest absolute Gasteiger partial charge is 0.252 e. The molecule has 634 valence electrons. The van der Waals surface area contributed by atoms with Crippen molar-refractivity contribution in [2.75, 3.05) is 9.80 Å². The van der Waals surface area contributed by atoms with Crippen molar-refractivity contribution in [3.63, 3.8) is 0 Å². The molecule has 2 heterocycles. The van der Waals surface area contributed by atoms with Crippen LogP contribution in [0.3, 0.4) is 0 Å². The molecule has 0 amide bonds. The maximum atomic E-state index is 2.87. The zero-order valence-corrected chi connectivity index (χ0v) is 82.4. The lowest BCUT2D eigenvalue weighted by atomic mass is 9.33. The third kappa shape index (κ3) is 17.7. The van der Waals surface area contributed by atoms with E-state index in [-0.39, 0.29) is 77.1 Å². The van der Waals surface area contributed by atoms with Crippen molar-refractivity contribution < 1.29 is 0 Å². The lowest BCUT2D eigenvalue weighted by Gasteiger charge is -2.47. The minimum Gasteiger partial charge on any atom is -0.310 e. The van der Waals surface area contributed by atoms with Gasteiger partial charge in [-0.05, 0) is 252 Å². The Morgan fingerprint density at radius 3 is 0.702 bits per heavy atom. The maximum Gasteiger partial charge on any atom is 0.252 e. The highest BCUT2D eigenvalue weighted by atomic mass is 15.2. The van der Waals surface area contributed by atoms with Crippen LogP contribution in [-0.4, -0.2) is 6.71 Å². The number of nitrogens with zero attached hydrogens (tertiary/aromatic N) is 2. The Bertz CT molecular complexity index is 5700. The van der Waals surface area contributed by atoms with Crippen molar-refractivity contribution in [2.24, 2.45) is 0 Å². The lowest BCUT2D eigenvalue weighted by molar-refractivity contribution is 0.568. The van der Waals surface area contributed by atoms with Gasteiger partial charge in [-0.25, -0.2) is 0 Å². The maximum absolute atomic E-state index is 2.87. The first-order valence-corrected chi connectivity index (χ1v) is 45.5. The number of rotatable bonds is 8. The van der Waals surface area contributed by atoms with Crippen molar-refractivity contribution in [3.05, 3.63) is 266 Å². The second kappa shape index (κ2) is 29.9. The van der Waals surface area contributed by atoms with Crippen LogP contribution in [-0.2, 0) is 70.4 Å². The quantitative estimate of drug-likeness (QED) is 0.140. The molecule has 0 fully saturated rings. The first-order chi connectivity index (χ1) is 55.2. The molecule has 2 nitrogen and oxygen atoms in total. The number of anilines is 6. The van der Waals surface area contributed by atoms with Gasteiger partial charge in [0.15, 0.2) is 0 Å². The molecule has 0 N–H and O–H groups in total. The highest BCUT2D eigenvalue weighted by molar-refractivity contribution is 7.00. The van der Waals surface area contributed by atoms with Crippen molar-refractivity contribution in [2.45, 2.75) is 340 Å². The van der Waals surface area contributed by atoms with Gasteiger partial charge in [-0.1, -0.05) is 416 Å². The molecule has 11 aromatic rings. The Morgan fingerprint density at radius 2 is 0.421 bits per heavy atom. The average molecular weight is 1610 g/mol. The Balaban J connectivity index is 1.34. The van der Waals surface area contributed by atoms with E-state index < -0.39 is 0 Å². The van der Waals surface area contributed by atoms with E-state index in [0.29, 0.717) is 0 Å². The van der Waals surface area contributed by atoms with Crippen LogP contribution in [0.15, 0.2) is 194 Å². The summed E-state index contributed by atoms with van der Waals surface area (Å²) < 4.78 is 0. The molecule has 13 rings (SSSR count). The Labute approximate surface area is 735 Å². The van der Waals surface area contributed by atoms with Crippen LogP contribution in [0, 0.1) is 0 Å². The number of hydrogen-bond acceptors (Lipinski definition) is 2. The second-order valence-corrected chi connectivity index (χ2v) is 49.9. The molecule has 0 saturated heterocycles. The molecular weight excluding hydrogens is 1460 g/mol. The highest BCUT2D eigenvalue weighted by Crippen LogP contribution is 2.58. The Kier molecular flexibility index (Phi) is 22.2. The van der Waals surface area contributed by atoms with E-state index in [1.165, 1.54) is 190 Å². The predicted octanol–water partition coefficient (Wildman–Crippen LogP) is 32.6. The normalized spacial score (nSPS) is 14.2. The van der Waals surface area contributed by atoms with E-state index in [4.69, 9.17) is 0 Å². The number of hydrogen-bond donors (Lipinski definition) is 0. The van der Waals surface area contributed by atoms with Crippen molar-refractivity contribution in [3.8, 4) is 66.8 Å². The van der Waals surface area contributed by atoms with E-state index in [0.717, 1.165) is 0 Å².